The summed E-state index contributed by atoms with van der Waals surface area (Å²) in [5.74, 6) is -0.395. The predicted octanol–water partition coefficient (Wildman–Crippen LogP) is 2.76. The highest BCUT2D eigenvalue weighted by atomic mass is 16.5. The molecule has 1 aromatic heterocycles. The Morgan fingerprint density at radius 3 is 2.19 bits per heavy atom. The summed E-state index contributed by atoms with van der Waals surface area (Å²) >= 11 is 0. The Morgan fingerprint density at radius 1 is 0.983 bits per heavy atom. The summed E-state index contributed by atoms with van der Waals surface area (Å²) in [7, 11) is 8.65. The van der Waals surface area contributed by atoms with Gasteiger partial charge in [0.05, 0.1) is 42.7 Å². The number of aromatic nitrogens is 4. The van der Waals surface area contributed by atoms with E-state index >= 15 is 0 Å². The van der Waals surface area contributed by atoms with Crippen LogP contribution in [0.25, 0.3) is 0 Å². The second-order valence-electron chi connectivity index (χ2n) is 16.4. The number of aromatic amines is 1. The van der Waals surface area contributed by atoms with Crippen LogP contribution in [0.3, 0.4) is 0 Å². The van der Waals surface area contributed by atoms with Crippen LogP contribution >= 0.6 is 0 Å². The molecular weight excluding hydrogens is 759 g/mol. The van der Waals surface area contributed by atoms with Crippen molar-refractivity contribution in [2.75, 3.05) is 68.1 Å². The highest BCUT2D eigenvalue weighted by molar-refractivity contribution is 5.88. The lowest BCUT2D eigenvalue weighted by Crippen LogP contribution is -2.56. The second kappa shape index (κ2) is 22.0. The first-order valence-electron chi connectivity index (χ1n) is 20.8. The Balaban J connectivity index is 1.51. The first kappa shape index (κ1) is 46.8. The molecule has 3 heterocycles. The maximum atomic E-state index is 14.5. The molecule has 0 spiro atoms. The Hall–Kier alpha value is -4.84. The molecule has 2 fully saturated rings. The van der Waals surface area contributed by atoms with Crippen molar-refractivity contribution >= 4 is 29.8 Å². The summed E-state index contributed by atoms with van der Waals surface area (Å²) in [4.78, 5) is 68.2. The van der Waals surface area contributed by atoms with E-state index in [4.69, 9.17) is 14.5 Å². The van der Waals surface area contributed by atoms with Gasteiger partial charge in [-0.3, -0.25) is 14.4 Å². The van der Waals surface area contributed by atoms with Gasteiger partial charge in [0, 0.05) is 74.5 Å². The fourth-order valence-electron chi connectivity index (χ4n) is 8.38. The zero-order valence-corrected chi connectivity index (χ0v) is 36.6. The number of hydrogen-bond donors (Lipinski definition) is 3. The lowest BCUT2D eigenvalue weighted by Gasteiger charge is -2.41. The van der Waals surface area contributed by atoms with Crippen LogP contribution in [0.1, 0.15) is 77.7 Å². The third-order valence-corrected chi connectivity index (χ3v) is 11.9. The lowest BCUT2D eigenvalue weighted by molar-refractivity contribution is -0.146. The topological polar surface area (TPSA) is 202 Å². The average Bonchev–Trinajstić information content (AvgIpc) is 3.94. The third-order valence-electron chi connectivity index (χ3n) is 11.9. The molecule has 2 aliphatic heterocycles. The molecule has 18 nitrogen and oxygen atoms in total. The Labute approximate surface area is 349 Å². The van der Waals surface area contributed by atoms with Gasteiger partial charge in [0.15, 0.2) is 11.8 Å². The molecule has 8 atom stereocenters. The standard InChI is InChI=1S/C41H67N11O7/c1-11-27(4)35(49(8)39(55)34(26(2)3)43-40(48(6)7)50-20-22-51(23-21-50)41(56)57)32(58-9)25-33(53)52-19-15-18-31(52)36(59-10)28(5)38(54)42-30(37-44-46-47-45-37)24-29-16-13-12-14-17-29/h12-14,16-17,26-28,30-32,34-36H,11,15,18-25H2,1-10H3,(H,42,54)(H,56,57)(H,44,45,46,47)/t27-,28+,30-,31-,32+,34-,35-,36+/m0/s1. The molecule has 2 aliphatic rings. The Bertz CT molecular complexity index is 1670. The average molecular weight is 826 g/mol. The van der Waals surface area contributed by atoms with E-state index in [1.807, 2.05) is 79.9 Å². The number of nitrogens with one attached hydrogen (secondary N) is 2. The van der Waals surface area contributed by atoms with E-state index in [-0.39, 0.29) is 42.0 Å². The first-order valence-corrected chi connectivity index (χ1v) is 20.8. The molecule has 3 N–H and O–H groups in total. The van der Waals surface area contributed by atoms with E-state index in [2.05, 4.69) is 39.8 Å². The fourth-order valence-corrected chi connectivity index (χ4v) is 8.38. The molecule has 0 saturated carbocycles. The number of rotatable bonds is 18. The number of guanidine groups is 1. The van der Waals surface area contributed by atoms with Crippen molar-refractivity contribution in [3.05, 3.63) is 41.7 Å². The van der Waals surface area contributed by atoms with Gasteiger partial charge in [-0.15, -0.1) is 10.2 Å². The van der Waals surface area contributed by atoms with Crippen LogP contribution in [0.15, 0.2) is 35.3 Å². The number of likely N-dealkylation sites (N-methyl/N-ethyl adjacent to an activating group) is 1. The fraction of sp³-hybridized carbons (Fsp3) is 0.707. The van der Waals surface area contributed by atoms with Gasteiger partial charge in [0.2, 0.25) is 17.7 Å². The number of hydrogen-bond acceptors (Lipinski definition) is 10. The van der Waals surface area contributed by atoms with Crippen LogP contribution in [0, 0.1) is 17.8 Å². The summed E-state index contributed by atoms with van der Waals surface area (Å²) < 4.78 is 12.1. The van der Waals surface area contributed by atoms with Gasteiger partial charge < -0.3 is 44.4 Å². The van der Waals surface area contributed by atoms with E-state index in [0.29, 0.717) is 57.3 Å². The van der Waals surface area contributed by atoms with E-state index in [1.165, 1.54) is 4.90 Å². The van der Waals surface area contributed by atoms with Crippen LogP contribution in [0.5, 0.6) is 0 Å². The number of nitrogens with zero attached hydrogens (tertiary/aromatic N) is 9. The van der Waals surface area contributed by atoms with Gasteiger partial charge in [0.1, 0.15) is 6.04 Å². The van der Waals surface area contributed by atoms with Gasteiger partial charge in [-0.2, -0.15) is 5.21 Å². The number of tetrazole rings is 1. The number of carboxylic acid groups (broad SMARTS) is 1. The summed E-state index contributed by atoms with van der Waals surface area (Å²) in [5, 5.41) is 27.0. The monoisotopic (exact) mass is 826 g/mol. The molecule has 4 rings (SSSR count). The van der Waals surface area contributed by atoms with Crippen LogP contribution in [-0.4, -0.2) is 178 Å². The molecule has 0 unspecified atom stereocenters. The summed E-state index contributed by atoms with van der Waals surface area (Å²) in [5.41, 5.74) is 1.00. The van der Waals surface area contributed by atoms with Crippen molar-refractivity contribution in [2.45, 2.75) is 103 Å². The smallest absolute Gasteiger partial charge is 0.407 e. The molecule has 0 radical (unpaired) electrons. The minimum Gasteiger partial charge on any atom is -0.465 e. The number of likely N-dealkylation sites (tertiary alicyclic amines) is 1. The van der Waals surface area contributed by atoms with Gasteiger partial charge in [-0.05, 0) is 30.2 Å². The maximum absolute atomic E-state index is 14.5. The van der Waals surface area contributed by atoms with Crippen molar-refractivity contribution < 1.29 is 33.8 Å². The van der Waals surface area contributed by atoms with E-state index in [1.54, 1.807) is 26.2 Å². The second-order valence-corrected chi connectivity index (χ2v) is 16.4. The summed E-state index contributed by atoms with van der Waals surface area (Å²) in [6.07, 6.45) is 0.474. The quantitative estimate of drug-likeness (QED) is 0.147. The zero-order chi connectivity index (χ0) is 43.4. The molecule has 328 valence electrons. The number of carbonyl (C=O) groups excluding carboxylic acids is 3. The van der Waals surface area contributed by atoms with Gasteiger partial charge in [0.25, 0.3) is 0 Å². The molecule has 2 saturated heterocycles. The van der Waals surface area contributed by atoms with Crippen LogP contribution < -0.4 is 5.32 Å². The predicted molar refractivity (Wildman–Crippen MR) is 222 cm³/mol. The molecule has 18 heteroatoms. The van der Waals surface area contributed by atoms with Crippen LogP contribution in [0.2, 0.25) is 0 Å². The largest absolute Gasteiger partial charge is 0.465 e. The molecule has 0 bridgehead atoms. The summed E-state index contributed by atoms with van der Waals surface area (Å²) in [6, 6.07) is 7.68. The zero-order valence-electron chi connectivity index (χ0n) is 36.6. The highest BCUT2D eigenvalue weighted by Crippen LogP contribution is 2.30. The van der Waals surface area contributed by atoms with E-state index in [9.17, 15) is 24.3 Å². The van der Waals surface area contributed by atoms with Crippen molar-refractivity contribution in [1.29, 1.82) is 0 Å². The minimum absolute atomic E-state index is 0.0243. The van der Waals surface area contributed by atoms with E-state index in [0.717, 1.165) is 18.4 Å². The van der Waals surface area contributed by atoms with Crippen molar-refractivity contribution in [3.8, 4) is 0 Å². The Kier molecular flexibility index (Phi) is 17.4. The highest BCUT2D eigenvalue weighted by Gasteiger charge is 2.43. The van der Waals surface area contributed by atoms with Crippen LogP contribution in [0.4, 0.5) is 4.79 Å². The van der Waals surface area contributed by atoms with E-state index < -0.39 is 42.3 Å². The third kappa shape index (κ3) is 11.9. The van der Waals surface area contributed by atoms with Gasteiger partial charge in [-0.1, -0.05) is 76.6 Å². The number of piperazine rings is 1. The molecule has 0 aliphatic carbocycles. The number of amides is 4. The summed E-state index contributed by atoms with van der Waals surface area (Å²) in [6.45, 7) is 12.0. The molecule has 59 heavy (non-hydrogen) atoms. The number of H-pyrrole nitrogens is 1. The van der Waals surface area contributed by atoms with Crippen molar-refractivity contribution in [1.82, 2.24) is 50.4 Å². The Morgan fingerprint density at radius 2 is 1.64 bits per heavy atom. The molecule has 4 amide bonds. The first-order chi connectivity index (χ1) is 28.1. The number of ether oxygens (including phenoxy) is 2. The van der Waals surface area contributed by atoms with Crippen molar-refractivity contribution in [2.24, 2.45) is 22.7 Å². The normalized spacial score (nSPS) is 19.7. The number of aliphatic imine (C=N–C) groups is 1. The SMILES string of the molecule is CC[C@H](C)[C@@H]([C@@H](CC(=O)N1CCC[C@H]1[C@H](OC)[C@@H](C)C(=O)N[C@@H](Cc1ccccc1)c1nn[nH]n1)OC)N(C)C(=O)[C@@H](N=C(N(C)C)N1CCN(C(=O)O)CC1)C(C)C. The number of methoxy groups -OCH3 is 2. The van der Waals surface area contributed by atoms with Gasteiger partial charge in [-0.25, -0.2) is 9.79 Å². The van der Waals surface area contributed by atoms with Gasteiger partial charge >= 0.3 is 6.09 Å². The maximum Gasteiger partial charge on any atom is 0.407 e. The molecular formula is C41H67N11O7. The molecule has 2 aromatic rings. The minimum atomic E-state index is -0.950. The van der Waals surface area contributed by atoms with Crippen LogP contribution in [-0.2, 0) is 30.3 Å². The molecule has 1 aromatic carbocycles. The van der Waals surface area contributed by atoms with Crippen molar-refractivity contribution in [3.63, 3.8) is 0 Å². The lowest BCUT2D eigenvalue weighted by atomic mass is 9.89. The number of benzene rings is 1. The number of carbonyl (C=O) groups is 4.